The van der Waals surface area contributed by atoms with Crippen LogP contribution in [-0.2, 0) is 14.4 Å². The van der Waals surface area contributed by atoms with E-state index in [9.17, 15) is 24.6 Å². The van der Waals surface area contributed by atoms with Gasteiger partial charge in [0.1, 0.15) is 10.6 Å². The predicted molar refractivity (Wildman–Crippen MR) is 219 cm³/mol. The number of benzene rings is 2. The van der Waals surface area contributed by atoms with Crippen molar-refractivity contribution in [2.45, 2.75) is 20.8 Å². The molecule has 54 heavy (non-hydrogen) atoms. The van der Waals surface area contributed by atoms with Crippen LogP contribution in [-0.4, -0.2) is 77.0 Å². The van der Waals surface area contributed by atoms with Gasteiger partial charge in [0.2, 0.25) is 5.91 Å². The van der Waals surface area contributed by atoms with Crippen molar-refractivity contribution in [3.05, 3.63) is 101 Å². The van der Waals surface area contributed by atoms with Crippen molar-refractivity contribution >= 4 is 98.1 Å². The molecule has 0 unspecified atom stereocenters. The fraction of sp³-hybridized carbons (Fsp3) is 0.167. The Bertz CT molecular complexity index is 1950. The van der Waals surface area contributed by atoms with E-state index < -0.39 is 5.97 Å². The summed E-state index contributed by atoms with van der Waals surface area (Å²) in [5, 5.41) is 26.4. The van der Waals surface area contributed by atoms with Crippen LogP contribution in [0.25, 0.3) is 6.08 Å². The standard InChI is InChI=1S/C17H14N2O3S2.C9H10O3.C8H6N2OS2.C2H4O2.H3N/c1-2-22-14-8-11(5-6-13(14)20)9-15-16(21)19(17(23)24-15)12-4-3-7-18-10-12;1-2-12-9-5-7(6-10)3-4-8(9)11;11-7-5-13-8(12)10(7)6-2-1-3-9-4-6;1-2(3)4;/h3-10,20H,2H2,1H3;3-6,11H,2H2,1H3;1-4H,5H2;1H3,(H,3,4);1H3/b15-9-;;;;. The Morgan fingerprint density at radius 1 is 0.852 bits per heavy atom. The number of amides is 2. The lowest BCUT2D eigenvalue weighted by Gasteiger charge is -2.13. The van der Waals surface area contributed by atoms with Crippen LogP contribution in [0.5, 0.6) is 23.0 Å². The van der Waals surface area contributed by atoms with Crippen LogP contribution in [0.15, 0.2) is 90.4 Å². The number of ether oxygens (including phenoxy) is 2. The summed E-state index contributed by atoms with van der Waals surface area (Å²) in [7, 11) is 0. The number of phenols is 2. The van der Waals surface area contributed by atoms with E-state index in [1.807, 2.05) is 19.9 Å². The Labute approximate surface area is 330 Å². The van der Waals surface area contributed by atoms with Crippen molar-refractivity contribution < 1.29 is 44.0 Å². The maximum Gasteiger partial charge on any atom is 0.300 e. The van der Waals surface area contributed by atoms with Crippen LogP contribution in [0.1, 0.15) is 36.7 Å². The average Bonchev–Trinajstić information content (AvgIpc) is 3.63. The van der Waals surface area contributed by atoms with Crippen LogP contribution in [0.4, 0.5) is 11.4 Å². The lowest BCUT2D eigenvalue weighted by molar-refractivity contribution is -0.134. The number of carbonyl (C=O) groups is 4. The molecule has 14 nitrogen and oxygen atoms in total. The number of aliphatic carboxylic acids is 1. The number of aldehydes is 1. The molecule has 6 rings (SSSR count). The molecular formula is C36H37N5O9S4. The fourth-order valence-electron chi connectivity index (χ4n) is 4.18. The zero-order valence-electron chi connectivity index (χ0n) is 29.3. The molecule has 0 saturated carbocycles. The van der Waals surface area contributed by atoms with E-state index in [1.165, 1.54) is 51.5 Å². The second kappa shape index (κ2) is 22.6. The number of hydrogen-bond acceptors (Lipinski definition) is 15. The minimum absolute atomic E-state index is 0. The normalized spacial score (nSPS) is 13.7. The van der Waals surface area contributed by atoms with E-state index in [4.69, 9.17) is 43.8 Å². The highest BCUT2D eigenvalue weighted by Gasteiger charge is 2.33. The fourth-order valence-corrected chi connectivity index (χ4v) is 6.58. The Hall–Kier alpha value is -5.40. The number of thioether (sulfide) groups is 2. The van der Waals surface area contributed by atoms with E-state index in [0.29, 0.717) is 61.5 Å². The third-order valence-corrected chi connectivity index (χ3v) is 9.01. The van der Waals surface area contributed by atoms with Gasteiger partial charge in [-0.25, -0.2) is 0 Å². The van der Waals surface area contributed by atoms with E-state index in [-0.39, 0.29) is 29.5 Å². The molecule has 2 amide bonds. The monoisotopic (exact) mass is 811 g/mol. The highest BCUT2D eigenvalue weighted by Crippen LogP contribution is 2.37. The number of aromatic hydroxyl groups is 2. The van der Waals surface area contributed by atoms with Gasteiger partial charge in [-0.15, -0.1) is 0 Å². The molecule has 2 fully saturated rings. The molecule has 2 aliphatic heterocycles. The molecule has 2 aromatic heterocycles. The van der Waals surface area contributed by atoms with Crippen molar-refractivity contribution in [3.63, 3.8) is 0 Å². The molecule has 0 aliphatic carbocycles. The molecule has 4 heterocycles. The van der Waals surface area contributed by atoms with E-state index in [0.717, 1.165) is 18.2 Å². The topological polar surface area (TPSA) is 215 Å². The van der Waals surface area contributed by atoms with Crippen molar-refractivity contribution in [1.29, 1.82) is 0 Å². The summed E-state index contributed by atoms with van der Waals surface area (Å²) in [6.45, 7) is 5.65. The first kappa shape index (κ1) is 44.8. The summed E-state index contributed by atoms with van der Waals surface area (Å²) in [5.74, 6) is 0.302. The summed E-state index contributed by atoms with van der Waals surface area (Å²) in [5.41, 5.74) is 2.64. The molecule has 2 aromatic carbocycles. The molecule has 4 aromatic rings. The van der Waals surface area contributed by atoms with Crippen molar-refractivity contribution in [2.75, 3.05) is 28.8 Å². The van der Waals surface area contributed by atoms with Gasteiger partial charge >= 0.3 is 0 Å². The van der Waals surface area contributed by atoms with Gasteiger partial charge in [-0.2, -0.15) is 0 Å². The third kappa shape index (κ3) is 13.2. The number of anilines is 2. The zero-order valence-corrected chi connectivity index (χ0v) is 32.5. The molecule has 2 saturated heterocycles. The van der Waals surface area contributed by atoms with Crippen LogP contribution in [0, 0.1) is 0 Å². The van der Waals surface area contributed by atoms with Crippen molar-refractivity contribution in [1.82, 2.24) is 16.1 Å². The Balaban J connectivity index is 0.000000285. The zero-order chi connectivity index (χ0) is 38.9. The maximum absolute atomic E-state index is 12.6. The van der Waals surface area contributed by atoms with Gasteiger partial charge in [0, 0.05) is 24.9 Å². The smallest absolute Gasteiger partial charge is 0.300 e. The van der Waals surface area contributed by atoms with Gasteiger partial charge in [0.05, 0.1) is 47.6 Å². The Kier molecular flexibility index (Phi) is 18.7. The SMILES string of the molecule is CC(=O)O.CCOc1cc(/C=C2\SC(=S)N(c3cccnc3)C2=O)ccc1O.CCOc1cc(C=O)ccc1O.N.O=C1CSC(=S)N1c1cccnc1. The number of nitrogens with zero attached hydrogens (tertiary/aromatic N) is 4. The first-order valence-corrected chi connectivity index (χ1v) is 18.2. The minimum atomic E-state index is -0.833. The number of pyridine rings is 2. The number of phenolic OH excluding ortho intramolecular Hbond substituents is 2. The molecular weight excluding hydrogens is 775 g/mol. The minimum Gasteiger partial charge on any atom is -0.504 e. The number of aromatic nitrogens is 2. The van der Waals surface area contributed by atoms with Gasteiger partial charge < -0.3 is 30.9 Å². The summed E-state index contributed by atoms with van der Waals surface area (Å²) in [6.07, 6.45) is 8.99. The molecule has 2 aliphatic rings. The second-order valence-electron chi connectivity index (χ2n) is 10.2. The van der Waals surface area contributed by atoms with Gasteiger partial charge in [-0.3, -0.25) is 38.9 Å². The quantitative estimate of drug-likeness (QED) is 0.0809. The van der Waals surface area contributed by atoms with Crippen LogP contribution < -0.4 is 25.4 Å². The highest BCUT2D eigenvalue weighted by atomic mass is 32.2. The number of thiocarbonyl (C=S) groups is 2. The number of carbonyl (C=O) groups excluding carboxylic acids is 3. The van der Waals surface area contributed by atoms with Gasteiger partial charge in [0.15, 0.2) is 27.3 Å². The molecule has 284 valence electrons. The summed E-state index contributed by atoms with van der Waals surface area (Å²) in [4.78, 5) is 54.8. The summed E-state index contributed by atoms with van der Waals surface area (Å²) >= 11 is 13.0. The first-order chi connectivity index (χ1) is 25.4. The molecule has 0 bridgehead atoms. The molecule has 6 N–H and O–H groups in total. The van der Waals surface area contributed by atoms with Crippen LogP contribution in [0.3, 0.4) is 0 Å². The Morgan fingerprint density at radius 2 is 1.35 bits per heavy atom. The second-order valence-corrected chi connectivity index (χ2v) is 13.5. The first-order valence-electron chi connectivity index (χ1n) is 15.5. The lowest BCUT2D eigenvalue weighted by atomic mass is 10.2. The van der Waals surface area contributed by atoms with Gasteiger partial charge in [-0.05, 0) is 80.1 Å². The predicted octanol–water partition coefficient (Wildman–Crippen LogP) is 6.89. The van der Waals surface area contributed by atoms with Gasteiger partial charge in [-0.1, -0.05) is 54.0 Å². The van der Waals surface area contributed by atoms with Crippen molar-refractivity contribution in [3.8, 4) is 23.0 Å². The number of carboxylic acid groups (broad SMARTS) is 1. The molecule has 0 spiro atoms. The van der Waals surface area contributed by atoms with Gasteiger partial charge in [0.25, 0.3) is 11.9 Å². The molecule has 0 atom stereocenters. The van der Waals surface area contributed by atoms with E-state index >= 15 is 0 Å². The summed E-state index contributed by atoms with van der Waals surface area (Å²) < 4.78 is 11.5. The molecule has 0 radical (unpaired) electrons. The highest BCUT2D eigenvalue weighted by molar-refractivity contribution is 8.27. The largest absolute Gasteiger partial charge is 0.504 e. The Morgan fingerprint density at radius 3 is 1.80 bits per heavy atom. The van der Waals surface area contributed by atoms with E-state index in [1.54, 1.807) is 67.3 Å². The molecule has 18 heteroatoms. The van der Waals surface area contributed by atoms with Crippen LogP contribution >= 0.6 is 48.0 Å². The number of rotatable bonds is 8. The summed E-state index contributed by atoms with van der Waals surface area (Å²) in [6, 6.07) is 16.6. The third-order valence-electron chi connectivity index (χ3n) is 6.35. The van der Waals surface area contributed by atoms with E-state index in [2.05, 4.69) is 9.97 Å². The van der Waals surface area contributed by atoms with Crippen LogP contribution in [0.2, 0.25) is 0 Å². The maximum atomic E-state index is 12.6. The number of carboxylic acids is 1. The average molecular weight is 812 g/mol. The lowest BCUT2D eigenvalue weighted by Crippen LogP contribution is -2.27. The van der Waals surface area contributed by atoms with Crippen molar-refractivity contribution in [2.24, 2.45) is 0 Å². The number of hydrogen-bond donors (Lipinski definition) is 4.